The van der Waals surface area contributed by atoms with E-state index in [0.717, 1.165) is 24.4 Å². The largest absolute Gasteiger partial charge is 0.486 e. The Balaban J connectivity index is 1.98. The molecule has 22 heavy (non-hydrogen) atoms. The van der Waals surface area contributed by atoms with Gasteiger partial charge in [-0.2, -0.15) is 0 Å². The molecule has 1 aliphatic heterocycles. The molecular formula is C16H22N2O4. The summed E-state index contributed by atoms with van der Waals surface area (Å²) >= 11 is 0. The maximum Gasteiger partial charge on any atom is 0.304 e. The average molecular weight is 306 g/mol. The molecule has 120 valence electrons. The van der Waals surface area contributed by atoms with Crippen molar-refractivity contribution >= 4 is 17.4 Å². The summed E-state index contributed by atoms with van der Waals surface area (Å²) in [6, 6.07) is 5.37. The van der Waals surface area contributed by atoms with E-state index < -0.39 is 5.97 Å². The molecule has 1 unspecified atom stereocenters. The number of hydrogen-bond acceptors (Lipinski definition) is 5. The van der Waals surface area contributed by atoms with Gasteiger partial charge in [0.25, 0.3) is 0 Å². The molecule has 6 heteroatoms. The number of carbonyl (C=O) groups is 2. The molecule has 0 aliphatic carbocycles. The minimum Gasteiger partial charge on any atom is -0.486 e. The second kappa shape index (κ2) is 7.26. The van der Waals surface area contributed by atoms with Gasteiger partial charge in [0.05, 0.1) is 25.2 Å². The highest BCUT2D eigenvalue weighted by molar-refractivity contribution is 5.98. The van der Waals surface area contributed by atoms with Crippen LogP contribution >= 0.6 is 0 Å². The zero-order valence-corrected chi connectivity index (χ0v) is 13.0. The third-order valence-corrected chi connectivity index (χ3v) is 3.69. The van der Waals surface area contributed by atoms with Crippen LogP contribution < -0.4 is 10.1 Å². The van der Waals surface area contributed by atoms with Crippen molar-refractivity contribution in [2.45, 2.75) is 25.9 Å². The van der Waals surface area contributed by atoms with E-state index in [9.17, 15) is 9.59 Å². The standard InChI is InChI=1S/C16H22N2O4/c1-3-12-9-17-13-8-11(4-5-15(13)22-12)14(19)10-18(2)7-6-16(20)21/h4-5,8,12,17H,3,6-7,9-10H2,1-2H3,(H,20,21). The number of ketones is 1. The van der Waals surface area contributed by atoms with E-state index in [2.05, 4.69) is 12.2 Å². The van der Waals surface area contributed by atoms with Gasteiger partial charge in [-0.05, 0) is 31.7 Å². The van der Waals surface area contributed by atoms with Gasteiger partial charge in [-0.1, -0.05) is 6.92 Å². The second-order valence-corrected chi connectivity index (χ2v) is 5.54. The lowest BCUT2D eigenvalue weighted by atomic mass is 10.1. The van der Waals surface area contributed by atoms with Crippen LogP contribution in [0.1, 0.15) is 30.1 Å². The molecule has 0 bridgehead atoms. The SMILES string of the molecule is CCC1CNc2cc(C(=O)CN(C)CCC(=O)O)ccc2O1. The van der Waals surface area contributed by atoms with E-state index >= 15 is 0 Å². The molecule has 1 aliphatic rings. The highest BCUT2D eigenvalue weighted by Crippen LogP contribution is 2.30. The van der Waals surface area contributed by atoms with Crippen LogP contribution in [0.15, 0.2) is 18.2 Å². The molecule has 1 aromatic rings. The van der Waals surface area contributed by atoms with Gasteiger partial charge in [0.1, 0.15) is 11.9 Å². The summed E-state index contributed by atoms with van der Waals surface area (Å²) in [5, 5.41) is 11.9. The van der Waals surface area contributed by atoms with Crippen LogP contribution in [-0.4, -0.2) is 54.5 Å². The van der Waals surface area contributed by atoms with Crippen molar-refractivity contribution in [3.05, 3.63) is 23.8 Å². The number of carboxylic acid groups (broad SMARTS) is 1. The first-order valence-electron chi connectivity index (χ1n) is 7.47. The minimum atomic E-state index is -0.861. The van der Waals surface area contributed by atoms with Crippen LogP contribution in [0.5, 0.6) is 5.75 Å². The molecule has 1 atom stereocenters. The number of hydrogen-bond donors (Lipinski definition) is 2. The van der Waals surface area contributed by atoms with Gasteiger partial charge in [0.2, 0.25) is 0 Å². The molecule has 2 rings (SSSR count). The summed E-state index contributed by atoms with van der Waals surface area (Å²) < 4.78 is 5.81. The summed E-state index contributed by atoms with van der Waals surface area (Å²) in [7, 11) is 1.74. The quantitative estimate of drug-likeness (QED) is 0.749. The minimum absolute atomic E-state index is 0.0295. The predicted molar refractivity (Wildman–Crippen MR) is 83.7 cm³/mol. The van der Waals surface area contributed by atoms with Crippen LogP contribution in [0.4, 0.5) is 5.69 Å². The fraction of sp³-hybridized carbons (Fsp3) is 0.500. The Bertz CT molecular complexity index is 559. The molecule has 6 nitrogen and oxygen atoms in total. The Kier molecular flexibility index (Phi) is 5.38. The lowest BCUT2D eigenvalue weighted by Gasteiger charge is -2.27. The molecule has 0 saturated heterocycles. The fourth-order valence-corrected chi connectivity index (χ4v) is 2.32. The Morgan fingerprint density at radius 3 is 2.91 bits per heavy atom. The molecular weight excluding hydrogens is 284 g/mol. The van der Waals surface area contributed by atoms with E-state index in [1.54, 1.807) is 24.1 Å². The van der Waals surface area contributed by atoms with Crippen LogP contribution in [0.3, 0.4) is 0 Å². The van der Waals surface area contributed by atoms with Crippen molar-refractivity contribution in [1.29, 1.82) is 0 Å². The zero-order chi connectivity index (χ0) is 16.1. The number of aliphatic carboxylic acids is 1. The number of carbonyl (C=O) groups excluding carboxylic acids is 1. The summed E-state index contributed by atoms with van der Waals surface area (Å²) in [4.78, 5) is 24.5. The average Bonchev–Trinajstić information content (AvgIpc) is 2.51. The molecule has 0 saturated carbocycles. The van der Waals surface area contributed by atoms with Gasteiger partial charge < -0.3 is 15.2 Å². The molecule has 0 amide bonds. The van der Waals surface area contributed by atoms with E-state index in [1.165, 1.54) is 0 Å². The lowest BCUT2D eigenvalue weighted by molar-refractivity contribution is -0.137. The Morgan fingerprint density at radius 1 is 1.45 bits per heavy atom. The first-order chi connectivity index (χ1) is 10.5. The smallest absolute Gasteiger partial charge is 0.304 e. The Morgan fingerprint density at radius 2 is 2.23 bits per heavy atom. The number of Topliss-reactive ketones (excluding diaryl/α,β-unsaturated/α-hetero) is 1. The first kappa shape index (κ1) is 16.3. The van der Waals surface area contributed by atoms with Crippen molar-refractivity contribution in [3.63, 3.8) is 0 Å². The summed E-state index contributed by atoms with van der Waals surface area (Å²) in [6.45, 7) is 3.36. The number of nitrogens with zero attached hydrogens (tertiary/aromatic N) is 1. The van der Waals surface area contributed by atoms with Crippen molar-refractivity contribution in [2.75, 3.05) is 32.0 Å². The van der Waals surface area contributed by atoms with E-state index in [-0.39, 0.29) is 24.9 Å². The fourth-order valence-electron chi connectivity index (χ4n) is 2.32. The number of likely N-dealkylation sites (N-methyl/N-ethyl adjacent to an activating group) is 1. The predicted octanol–water partition coefficient (Wildman–Crippen LogP) is 1.86. The normalized spacial score (nSPS) is 16.6. The first-order valence-corrected chi connectivity index (χ1v) is 7.47. The Hall–Kier alpha value is -2.08. The van der Waals surface area contributed by atoms with Gasteiger partial charge in [-0.3, -0.25) is 14.5 Å². The number of rotatable bonds is 7. The second-order valence-electron chi connectivity index (χ2n) is 5.54. The number of carboxylic acids is 1. The molecule has 0 spiro atoms. The molecule has 1 aromatic carbocycles. The van der Waals surface area contributed by atoms with Gasteiger partial charge in [-0.25, -0.2) is 0 Å². The highest BCUT2D eigenvalue weighted by atomic mass is 16.5. The monoisotopic (exact) mass is 306 g/mol. The van der Waals surface area contributed by atoms with Crippen molar-refractivity contribution in [1.82, 2.24) is 4.90 Å². The van der Waals surface area contributed by atoms with Crippen molar-refractivity contribution in [2.24, 2.45) is 0 Å². The van der Waals surface area contributed by atoms with Gasteiger partial charge in [-0.15, -0.1) is 0 Å². The number of ether oxygens (including phenoxy) is 1. The molecule has 2 N–H and O–H groups in total. The Labute approximate surface area is 130 Å². The zero-order valence-electron chi connectivity index (χ0n) is 13.0. The number of fused-ring (bicyclic) bond motifs is 1. The van der Waals surface area contributed by atoms with Crippen LogP contribution in [0, 0.1) is 0 Å². The molecule has 0 aromatic heterocycles. The maximum atomic E-state index is 12.2. The van der Waals surface area contributed by atoms with Crippen LogP contribution in [-0.2, 0) is 4.79 Å². The van der Waals surface area contributed by atoms with Crippen molar-refractivity contribution in [3.8, 4) is 5.75 Å². The third-order valence-electron chi connectivity index (χ3n) is 3.69. The van der Waals surface area contributed by atoms with Gasteiger partial charge >= 0.3 is 5.97 Å². The number of anilines is 1. The highest BCUT2D eigenvalue weighted by Gasteiger charge is 2.19. The third kappa shape index (κ3) is 4.21. The molecule has 0 radical (unpaired) electrons. The van der Waals surface area contributed by atoms with Crippen LogP contribution in [0.25, 0.3) is 0 Å². The van der Waals surface area contributed by atoms with E-state index in [4.69, 9.17) is 9.84 Å². The van der Waals surface area contributed by atoms with Gasteiger partial charge in [0, 0.05) is 12.1 Å². The molecule has 0 fully saturated rings. The summed E-state index contributed by atoms with van der Waals surface area (Å²) in [5.41, 5.74) is 1.44. The van der Waals surface area contributed by atoms with Crippen LogP contribution in [0.2, 0.25) is 0 Å². The van der Waals surface area contributed by atoms with Crippen molar-refractivity contribution < 1.29 is 19.4 Å². The molecule has 1 heterocycles. The number of nitrogens with one attached hydrogen (secondary N) is 1. The van der Waals surface area contributed by atoms with E-state index in [1.807, 2.05) is 6.07 Å². The van der Waals surface area contributed by atoms with Gasteiger partial charge in [0.15, 0.2) is 5.78 Å². The van der Waals surface area contributed by atoms with E-state index in [0.29, 0.717) is 12.1 Å². The number of benzene rings is 1. The summed E-state index contributed by atoms with van der Waals surface area (Å²) in [5.74, 6) is -0.121. The maximum absolute atomic E-state index is 12.2. The topological polar surface area (TPSA) is 78.9 Å². The summed E-state index contributed by atoms with van der Waals surface area (Å²) in [6.07, 6.45) is 1.12. The lowest BCUT2D eigenvalue weighted by Crippen LogP contribution is -2.30.